The Morgan fingerprint density at radius 1 is 1.14 bits per heavy atom. The Balaban J connectivity index is 2.36. The lowest BCUT2D eigenvalue weighted by molar-refractivity contribution is 0.379. The van der Waals surface area contributed by atoms with E-state index in [1.54, 1.807) is 19.0 Å². The number of nitrogens with zero attached hydrogens (tertiary/aromatic N) is 4. The number of nitrogens with two attached hydrogens (primary N) is 1. The fourth-order valence-electron chi connectivity index (χ4n) is 1.51. The van der Waals surface area contributed by atoms with Gasteiger partial charge in [0, 0.05) is 19.8 Å². The summed E-state index contributed by atoms with van der Waals surface area (Å²) in [7, 11) is 0.983. The molecule has 0 saturated carbocycles. The van der Waals surface area contributed by atoms with E-state index in [1.165, 1.54) is 31.4 Å². The van der Waals surface area contributed by atoms with Crippen LogP contribution < -0.4 is 20.1 Å². The highest BCUT2D eigenvalue weighted by Gasteiger charge is 2.17. The summed E-state index contributed by atoms with van der Waals surface area (Å²) < 4.78 is 31.8. The van der Waals surface area contributed by atoms with Gasteiger partial charge in [-0.2, -0.15) is 15.0 Å². The molecule has 0 aliphatic rings. The lowest BCUT2D eigenvalue weighted by Gasteiger charge is -2.13. The normalized spacial score (nSPS) is 11.0. The molecule has 10 heteroatoms. The van der Waals surface area contributed by atoms with E-state index in [0.29, 0.717) is 5.69 Å². The van der Waals surface area contributed by atoms with Crippen molar-refractivity contribution in [3.05, 3.63) is 24.3 Å². The molecular weight excluding hydrogens is 308 g/mol. The number of benzene rings is 1. The predicted octanol–water partition coefficient (Wildman–Crippen LogP) is 0.329. The van der Waals surface area contributed by atoms with Gasteiger partial charge in [0.25, 0.3) is 10.0 Å². The predicted molar refractivity (Wildman–Crippen MR) is 82.4 cm³/mol. The Morgan fingerprint density at radius 3 is 2.32 bits per heavy atom. The van der Waals surface area contributed by atoms with Crippen LogP contribution in [-0.4, -0.2) is 44.6 Å². The number of nitrogen functional groups attached to an aromatic ring is 1. The number of nitrogens with one attached hydrogen (secondary N) is 1. The fraction of sp³-hybridized carbons (Fsp3) is 0.250. The largest absolute Gasteiger partial charge is 0.467 e. The van der Waals surface area contributed by atoms with E-state index in [2.05, 4.69) is 19.7 Å². The SMILES string of the molecule is COc1nc(NS(=O)(=O)c2ccc(N)cc2)nc(N(C)C)n1. The molecular formula is C12H16N6O3S. The van der Waals surface area contributed by atoms with Crippen LogP contribution in [0.1, 0.15) is 0 Å². The Hall–Kier alpha value is -2.62. The molecule has 9 nitrogen and oxygen atoms in total. The first-order valence-electron chi connectivity index (χ1n) is 6.17. The molecule has 0 saturated heterocycles. The molecule has 0 bridgehead atoms. The van der Waals surface area contributed by atoms with E-state index in [9.17, 15) is 8.42 Å². The Morgan fingerprint density at radius 2 is 1.77 bits per heavy atom. The average molecular weight is 324 g/mol. The molecule has 1 aromatic heterocycles. The van der Waals surface area contributed by atoms with Crippen LogP contribution in [0, 0.1) is 0 Å². The van der Waals surface area contributed by atoms with E-state index >= 15 is 0 Å². The number of aromatic nitrogens is 3. The van der Waals surface area contributed by atoms with Gasteiger partial charge in [0.2, 0.25) is 11.9 Å². The van der Waals surface area contributed by atoms with Gasteiger partial charge in [-0.1, -0.05) is 0 Å². The minimum atomic E-state index is -3.83. The fourth-order valence-corrected chi connectivity index (χ4v) is 2.45. The summed E-state index contributed by atoms with van der Waals surface area (Å²) in [6.07, 6.45) is 0. The molecule has 1 aromatic carbocycles. The molecule has 3 N–H and O–H groups in total. The smallest absolute Gasteiger partial charge is 0.322 e. The molecule has 118 valence electrons. The average Bonchev–Trinajstić information content (AvgIpc) is 2.46. The molecule has 0 aliphatic heterocycles. The van der Waals surface area contributed by atoms with Crippen LogP contribution in [0.2, 0.25) is 0 Å². The molecule has 0 atom stereocenters. The summed E-state index contributed by atoms with van der Waals surface area (Å²) in [4.78, 5) is 13.5. The zero-order chi connectivity index (χ0) is 16.3. The molecule has 2 rings (SSSR count). The van der Waals surface area contributed by atoms with E-state index < -0.39 is 10.0 Å². The third-order valence-electron chi connectivity index (χ3n) is 2.60. The van der Waals surface area contributed by atoms with E-state index in [1.807, 2.05) is 0 Å². The Bertz CT molecular complexity index is 761. The summed E-state index contributed by atoms with van der Waals surface area (Å²) in [6.45, 7) is 0. The highest BCUT2D eigenvalue weighted by molar-refractivity contribution is 7.92. The second-order valence-corrected chi connectivity index (χ2v) is 6.20. The van der Waals surface area contributed by atoms with Crippen LogP contribution >= 0.6 is 0 Å². The van der Waals surface area contributed by atoms with Gasteiger partial charge in [-0.15, -0.1) is 0 Å². The van der Waals surface area contributed by atoms with Crippen LogP contribution in [0.3, 0.4) is 0 Å². The van der Waals surface area contributed by atoms with Gasteiger partial charge in [-0.05, 0) is 24.3 Å². The van der Waals surface area contributed by atoms with Crippen LogP contribution in [0.25, 0.3) is 0 Å². The number of sulfonamides is 1. The summed E-state index contributed by atoms with van der Waals surface area (Å²) in [5, 5.41) is 0. The standard InChI is InChI=1S/C12H16N6O3S/c1-18(2)11-14-10(15-12(16-11)21-3)17-22(19,20)9-6-4-8(13)5-7-9/h4-7H,13H2,1-3H3,(H,14,15,16,17). The first kappa shape index (κ1) is 15.8. The number of hydrogen-bond donors (Lipinski definition) is 2. The highest BCUT2D eigenvalue weighted by Crippen LogP contribution is 2.18. The molecule has 0 unspecified atom stereocenters. The maximum Gasteiger partial charge on any atom is 0.322 e. The minimum Gasteiger partial charge on any atom is -0.467 e. The third kappa shape index (κ3) is 3.52. The molecule has 0 radical (unpaired) electrons. The topological polar surface area (TPSA) is 123 Å². The van der Waals surface area contributed by atoms with Crippen LogP contribution in [0.4, 0.5) is 17.6 Å². The maximum absolute atomic E-state index is 12.3. The van der Waals surface area contributed by atoms with Crippen molar-refractivity contribution in [1.29, 1.82) is 0 Å². The summed E-state index contributed by atoms with van der Waals surface area (Å²) >= 11 is 0. The van der Waals surface area contributed by atoms with Crippen molar-refractivity contribution in [2.45, 2.75) is 4.90 Å². The van der Waals surface area contributed by atoms with Crippen molar-refractivity contribution in [1.82, 2.24) is 15.0 Å². The zero-order valence-corrected chi connectivity index (χ0v) is 13.1. The molecule has 0 fully saturated rings. The van der Waals surface area contributed by atoms with Crippen molar-refractivity contribution in [3.63, 3.8) is 0 Å². The summed E-state index contributed by atoms with van der Waals surface area (Å²) in [5.74, 6) is 0.134. The first-order chi connectivity index (χ1) is 10.3. The number of methoxy groups -OCH3 is 1. The second-order valence-electron chi connectivity index (χ2n) is 4.51. The number of hydrogen-bond acceptors (Lipinski definition) is 8. The number of anilines is 3. The molecule has 22 heavy (non-hydrogen) atoms. The highest BCUT2D eigenvalue weighted by atomic mass is 32.2. The van der Waals surface area contributed by atoms with Crippen molar-refractivity contribution in [2.75, 3.05) is 36.6 Å². The van der Waals surface area contributed by atoms with Crippen LogP contribution in [-0.2, 0) is 10.0 Å². The summed E-state index contributed by atoms with van der Waals surface area (Å²) in [6, 6.07) is 5.78. The number of rotatable bonds is 5. The quantitative estimate of drug-likeness (QED) is 0.754. The van der Waals surface area contributed by atoms with Crippen molar-refractivity contribution >= 4 is 27.6 Å². The molecule has 2 aromatic rings. The van der Waals surface area contributed by atoms with Crippen LogP contribution in [0.15, 0.2) is 29.2 Å². The monoisotopic (exact) mass is 324 g/mol. The molecule has 0 amide bonds. The van der Waals surface area contributed by atoms with Gasteiger partial charge in [0.05, 0.1) is 12.0 Å². The van der Waals surface area contributed by atoms with Gasteiger partial charge in [0.1, 0.15) is 0 Å². The maximum atomic E-state index is 12.3. The third-order valence-corrected chi connectivity index (χ3v) is 3.95. The molecule has 1 heterocycles. The lowest BCUT2D eigenvalue weighted by atomic mass is 10.3. The van der Waals surface area contributed by atoms with E-state index in [0.717, 1.165) is 0 Å². The second kappa shape index (κ2) is 6.02. The molecule has 0 aliphatic carbocycles. The van der Waals surface area contributed by atoms with Crippen molar-refractivity contribution < 1.29 is 13.2 Å². The van der Waals surface area contributed by atoms with E-state index in [-0.39, 0.29) is 22.8 Å². The molecule has 0 spiro atoms. The van der Waals surface area contributed by atoms with Crippen LogP contribution in [0.5, 0.6) is 6.01 Å². The number of ether oxygens (including phenoxy) is 1. The van der Waals surface area contributed by atoms with Gasteiger partial charge >= 0.3 is 6.01 Å². The van der Waals surface area contributed by atoms with E-state index in [4.69, 9.17) is 10.5 Å². The van der Waals surface area contributed by atoms with Crippen molar-refractivity contribution in [3.8, 4) is 6.01 Å². The van der Waals surface area contributed by atoms with Gasteiger partial charge in [-0.25, -0.2) is 13.1 Å². The zero-order valence-electron chi connectivity index (χ0n) is 12.3. The Labute approximate surface area is 128 Å². The lowest BCUT2D eigenvalue weighted by Crippen LogP contribution is -2.19. The van der Waals surface area contributed by atoms with Crippen molar-refractivity contribution in [2.24, 2.45) is 0 Å². The summed E-state index contributed by atoms with van der Waals surface area (Å²) in [5.41, 5.74) is 6.01. The first-order valence-corrected chi connectivity index (χ1v) is 7.66. The van der Waals surface area contributed by atoms with Gasteiger partial charge in [0.15, 0.2) is 0 Å². The van der Waals surface area contributed by atoms with Gasteiger partial charge < -0.3 is 15.4 Å². The minimum absolute atomic E-state index is 0.00806. The van der Waals surface area contributed by atoms with Gasteiger partial charge in [-0.3, -0.25) is 0 Å². The Kier molecular flexibility index (Phi) is 4.31.